The van der Waals surface area contributed by atoms with Gasteiger partial charge < -0.3 is 31.1 Å². The number of hydrogen-bond acceptors (Lipinski definition) is 6. The molecule has 0 unspecified atom stereocenters. The number of nitrogens with zero attached hydrogens (tertiary/aromatic N) is 2. The van der Waals surface area contributed by atoms with Crippen LogP contribution in [0.1, 0.15) is 43.2 Å². The van der Waals surface area contributed by atoms with Gasteiger partial charge in [-0.05, 0) is 55.4 Å². The van der Waals surface area contributed by atoms with E-state index in [1.165, 1.54) is 9.80 Å². The summed E-state index contributed by atoms with van der Waals surface area (Å²) in [5.41, 5.74) is 7.96. The normalized spacial score (nSPS) is 20.4. The fourth-order valence-electron chi connectivity index (χ4n) is 5.51. The van der Waals surface area contributed by atoms with E-state index in [4.69, 9.17) is 5.73 Å². The van der Waals surface area contributed by atoms with Crippen molar-refractivity contribution in [2.75, 3.05) is 13.1 Å². The van der Waals surface area contributed by atoms with Crippen molar-refractivity contribution in [3.8, 4) is 5.75 Å². The lowest BCUT2D eigenvalue weighted by molar-refractivity contribution is -0.152. The summed E-state index contributed by atoms with van der Waals surface area (Å²) < 4.78 is 0. The van der Waals surface area contributed by atoms with Gasteiger partial charge in [-0.3, -0.25) is 14.4 Å². The van der Waals surface area contributed by atoms with Gasteiger partial charge in [0.15, 0.2) is 0 Å². The SMILES string of the molecule is N[C@H](CC(=O)N[C@@H](Cc1ccccc1)C(=O)N1CCC[C@H]1C(=O)N1CCC[C@H]1C(=O)O)Cc1ccc(O)cc1. The summed E-state index contributed by atoms with van der Waals surface area (Å²) in [5.74, 6) is -1.96. The highest BCUT2D eigenvalue weighted by atomic mass is 16.4. The second-order valence-electron chi connectivity index (χ2n) is 10.4. The van der Waals surface area contributed by atoms with Gasteiger partial charge in [0.1, 0.15) is 23.9 Å². The average molecular weight is 537 g/mol. The Kier molecular flexibility index (Phi) is 9.19. The highest BCUT2D eigenvalue weighted by molar-refractivity contribution is 5.94. The van der Waals surface area contributed by atoms with Crippen LogP contribution in [0.3, 0.4) is 0 Å². The fourth-order valence-corrected chi connectivity index (χ4v) is 5.51. The largest absolute Gasteiger partial charge is 0.508 e. The summed E-state index contributed by atoms with van der Waals surface area (Å²) in [6.45, 7) is 0.722. The van der Waals surface area contributed by atoms with Crippen molar-refractivity contribution in [2.45, 2.75) is 69.1 Å². The maximum Gasteiger partial charge on any atom is 0.326 e. The lowest BCUT2D eigenvalue weighted by Gasteiger charge is -2.32. The molecule has 2 aromatic rings. The quantitative estimate of drug-likeness (QED) is 0.358. The molecule has 0 aliphatic carbocycles. The number of rotatable bonds is 10. The predicted octanol–water partition coefficient (Wildman–Crippen LogP) is 1.45. The maximum absolute atomic E-state index is 13.8. The fraction of sp³-hybridized carbons (Fsp3) is 0.448. The van der Waals surface area contributed by atoms with E-state index in [-0.39, 0.29) is 36.3 Å². The second-order valence-corrected chi connectivity index (χ2v) is 10.4. The molecule has 2 aromatic carbocycles. The number of phenolic OH excluding ortho intramolecular Hbond substituents is 1. The third kappa shape index (κ3) is 7.14. The van der Waals surface area contributed by atoms with Gasteiger partial charge in [0.05, 0.1) is 0 Å². The van der Waals surface area contributed by atoms with Gasteiger partial charge in [-0.2, -0.15) is 0 Å². The van der Waals surface area contributed by atoms with Gasteiger partial charge in [0, 0.05) is 32.0 Å². The molecule has 208 valence electrons. The zero-order chi connectivity index (χ0) is 27.9. The van der Waals surface area contributed by atoms with Crippen LogP contribution in [0.15, 0.2) is 54.6 Å². The molecule has 2 aliphatic heterocycles. The highest BCUT2D eigenvalue weighted by Crippen LogP contribution is 2.26. The molecule has 10 heteroatoms. The minimum Gasteiger partial charge on any atom is -0.508 e. The molecule has 2 heterocycles. The molecule has 10 nitrogen and oxygen atoms in total. The third-order valence-corrected chi connectivity index (χ3v) is 7.44. The molecule has 0 bridgehead atoms. The van der Waals surface area contributed by atoms with Crippen molar-refractivity contribution in [1.29, 1.82) is 0 Å². The van der Waals surface area contributed by atoms with E-state index in [1.54, 1.807) is 24.3 Å². The minimum absolute atomic E-state index is 0.00409. The molecule has 4 rings (SSSR count). The first-order chi connectivity index (χ1) is 18.7. The molecule has 39 heavy (non-hydrogen) atoms. The van der Waals surface area contributed by atoms with E-state index in [0.29, 0.717) is 45.2 Å². The average Bonchev–Trinajstić information content (AvgIpc) is 3.60. The topological polar surface area (TPSA) is 153 Å². The number of hydrogen-bond donors (Lipinski definition) is 4. The highest BCUT2D eigenvalue weighted by Gasteiger charge is 2.43. The number of nitrogens with two attached hydrogens (primary N) is 1. The molecule has 2 aliphatic rings. The summed E-state index contributed by atoms with van der Waals surface area (Å²) in [5, 5.41) is 21.9. The van der Waals surface area contributed by atoms with E-state index in [2.05, 4.69) is 5.32 Å². The van der Waals surface area contributed by atoms with Crippen molar-refractivity contribution in [1.82, 2.24) is 15.1 Å². The van der Waals surface area contributed by atoms with Gasteiger partial charge in [0.2, 0.25) is 17.7 Å². The summed E-state index contributed by atoms with van der Waals surface area (Å²) in [4.78, 5) is 54.7. The molecular formula is C29H36N4O6. The first-order valence-corrected chi connectivity index (χ1v) is 13.4. The van der Waals surface area contributed by atoms with Crippen molar-refractivity contribution in [3.05, 3.63) is 65.7 Å². The maximum atomic E-state index is 13.8. The number of nitrogens with one attached hydrogen (secondary N) is 1. The second kappa shape index (κ2) is 12.8. The lowest BCUT2D eigenvalue weighted by atomic mass is 10.0. The number of carbonyl (C=O) groups excluding carboxylic acids is 3. The number of aromatic hydroxyl groups is 1. The van der Waals surface area contributed by atoms with Crippen molar-refractivity contribution in [3.63, 3.8) is 0 Å². The summed E-state index contributed by atoms with van der Waals surface area (Å²) in [6, 6.07) is 12.9. The van der Waals surface area contributed by atoms with Crippen LogP contribution in [0.5, 0.6) is 5.75 Å². The molecule has 0 saturated carbocycles. The molecule has 0 radical (unpaired) electrons. The number of carbonyl (C=O) groups is 4. The Morgan fingerprint density at radius 1 is 0.872 bits per heavy atom. The Morgan fingerprint density at radius 3 is 2.15 bits per heavy atom. The van der Waals surface area contributed by atoms with Crippen LogP contribution in [-0.2, 0) is 32.0 Å². The zero-order valence-electron chi connectivity index (χ0n) is 21.9. The molecule has 5 N–H and O–H groups in total. The van der Waals surface area contributed by atoms with Crippen LogP contribution < -0.4 is 11.1 Å². The Hall–Kier alpha value is -3.92. The first-order valence-electron chi connectivity index (χ1n) is 13.4. The first kappa shape index (κ1) is 28.1. The van der Waals surface area contributed by atoms with Gasteiger partial charge >= 0.3 is 5.97 Å². The van der Waals surface area contributed by atoms with Crippen LogP contribution in [0.4, 0.5) is 0 Å². The summed E-state index contributed by atoms with van der Waals surface area (Å²) in [7, 11) is 0. The smallest absolute Gasteiger partial charge is 0.326 e. The number of amides is 3. The van der Waals surface area contributed by atoms with Crippen LogP contribution >= 0.6 is 0 Å². The van der Waals surface area contributed by atoms with Gasteiger partial charge in [-0.25, -0.2) is 4.79 Å². The molecule has 2 saturated heterocycles. The molecule has 2 fully saturated rings. The van der Waals surface area contributed by atoms with Gasteiger partial charge in [-0.1, -0.05) is 42.5 Å². The predicted molar refractivity (Wildman–Crippen MR) is 144 cm³/mol. The lowest BCUT2D eigenvalue weighted by Crippen LogP contribution is -2.56. The summed E-state index contributed by atoms with van der Waals surface area (Å²) in [6.07, 6.45) is 2.76. The van der Waals surface area contributed by atoms with Crippen LogP contribution in [0.2, 0.25) is 0 Å². The Morgan fingerprint density at radius 2 is 1.49 bits per heavy atom. The molecule has 0 spiro atoms. The number of likely N-dealkylation sites (tertiary alicyclic amines) is 2. The zero-order valence-corrected chi connectivity index (χ0v) is 21.9. The number of benzene rings is 2. The Labute approximate surface area is 227 Å². The number of phenols is 1. The summed E-state index contributed by atoms with van der Waals surface area (Å²) >= 11 is 0. The van der Waals surface area contributed by atoms with Crippen LogP contribution in [0, 0.1) is 0 Å². The Balaban J connectivity index is 1.46. The van der Waals surface area contributed by atoms with E-state index in [0.717, 1.165) is 11.1 Å². The van der Waals surface area contributed by atoms with Crippen molar-refractivity contribution < 1.29 is 29.4 Å². The van der Waals surface area contributed by atoms with Crippen molar-refractivity contribution in [2.24, 2.45) is 5.73 Å². The van der Waals surface area contributed by atoms with Gasteiger partial charge in [-0.15, -0.1) is 0 Å². The van der Waals surface area contributed by atoms with E-state index < -0.39 is 30.1 Å². The van der Waals surface area contributed by atoms with E-state index in [1.807, 2.05) is 30.3 Å². The molecule has 4 atom stereocenters. The minimum atomic E-state index is -1.03. The molecule has 0 aromatic heterocycles. The van der Waals surface area contributed by atoms with Crippen molar-refractivity contribution >= 4 is 23.7 Å². The molecule has 3 amide bonds. The van der Waals surface area contributed by atoms with E-state index >= 15 is 0 Å². The third-order valence-electron chi connectivity index (χ3n) is 7.44. The number of carboxylic acids is 1. The van der Waals surface area contributed by atoms with E-state index in [9.17, 15) is 29.4 Å². The van der Waals surface area contributed by atoms with Crippen LogP contribution in [-0.4, -0.2) is 81.0 Å². The molecular weight excluding hydrogens is 500 g/mol. The number of carboxylic acid groups (broad SMARTS) is 1. The monoisotopic (exact) mass is 536 g/mol. The Bertz CT molecular complexity index is 1170. The standard InChI is InChI=1S/C29H36N4O6/c30-21(16-20-10-12-22(34)13-11-20)18-26(35)31-23(17-19-6-2-1-3-7-19)27(36)32-14-4-8-24(32)28(37)33-15-5-9-25(33)29(38)39/h1-3,6-7,10-13,21,23-25,34H,4-5,8-9,14-18,30H2,(H,31,35)(H,38,39)/t21-,23-,24-,25-/m0/s1. The van der Waals surface area contributed by atoms with Gasteiger partial charge in [0.25, 0.3) is 0 Å². The van der Waals surface area contributed by atoms with Crippen LogP contribution in [0.25, 0.3) is 0 Å². The number of aliphatic carboxylic acids is 1.